The van der Waals surface area contributed by atoms with E-state index in [4.69, 9.17) is 19.9 Å². The summed E-state index contributed by atoms with van der Waals surface area (Å²) in [5, 5.41) is 2.26. The molecule has 0 N–H and O–H groups in total. The molecule has 0 bridgehead atoms. The van der Waals surface area contributed by atoms with Crippen molar-refractivity contribution in [2.24, 2.45) is 0 Å². The van der Waals surface area contributed by atoms with Crippen molar-refractivity contribution in [3.05, 3.63) is 170 Å². The van der Waals surface area contributed by atoms with Crippen molar-refractivity contribution >= 4 is 31.6 Å². The third-order valence-corrected chi connectivity index (χ3v) is 9.77. The van der Waals surface area contributed by atoms with Crippen LogP contribution in [0.5, 0.6) is 0 Å². The number of fused-ring (bicyclic) bond motifs is 3. The van der Waals surface area contributed by atoms with Gasteiger partial charge >= 0.3 is 0 Å². The van der Waals surface area contributed by atoms with Gasteiger partial charge in [0.05, 0.1) is 17.1 Å². The van der Waals surface area contributed by atoms with E-state index in [-0.39, 0.29) is 0 Å². The molecule has 0 saturated carbocycles. The van der Waals surface area contributed by atoms with Crippen LogP contribution in [0, 0.1) is 0 Å². The highest BCUT2D eigenvalue weighted by atomic mass is 32.1. The first-order chi connectivity index (χ1) is 24.3. The Bertz CT molecular complexity index is 2530. The van der Waals surface area contributed by atoms with E-state index < -0.39 is 0 Å². The molecule has 0 aliphatic rings. The molecule has 0 atom stereocenters. The molecule has 49 heavy (non-hydrogen) atoms. The van der Waals surface area contributed by atoms with Crippen LogP contribution in [0.3, 0.4) is 0 Å². The van der Waals surface area contributed by atoms with Gasteiger partial charge in [-0.3, -0.25) is 0 Å². The Morgan fingerprint density at radius 1 is 0.347 bits per heavy atom. The minimum Gasteiger partial charge on any atom is -0.228 e. The third kappa shape index (κ3) is 5.56. The van der Waals surface area contributed by atoms with Crippen LogP contribution in [0.1, 0.15) is 0 Å². The summed E-state index contributed by atoms with van der Waals surface area (Å²) in [6.45, 7) is 0. The molecule has 0 radical (unpaired) electrons. The largest absolute Gasteiger partial charge is 0.228 e. The molecule has 0 unspecified atom stereocenters. The fraction of sp³-hybridized carbons (Fsp3) is 0. The van der Waals surface area contributed by atoms with E-state index in [9.17, 15) is 0 Å². The van der Waals surface area contributed by atoms with Crippen molar-refractivity contribution in [2.45, 2.75) is 0 Å². The summed E-state index contributed by atoms with van der Waals surface area (Å²) in [7, 11) is 0. The summed E-state index contributed by atoms with van der Waals surface area (Å²) in [4.78, 5) is 21.7. The molecular formula is C44H28N4S. The zero-order valence-electron chi connectivity index (χ0n) is 26.4. The molecule has 6 aromatic carbocycles. The topological polar surface area (TPSA) is 51.6 Å². The zero-order valence-corrected chi connectivity index (χ0v) is 27.2. The number of rotatable bonds is 6. The number of nitrogens with zero attached hydrogens (tertiary/aromatic N) is 4. The summed E-state index contributed by atoms with van der Waals surface area (Å²) < 4.78 is 1.20. The fourth-order valence-corrected chi connectivity index (χ4v) is 7.40. The fourth-order valence-electron chi connectivity index (χ4n) is 6.33. The average molecular weight is 645 g/mol. The Hall–Kier alpha value is -6.30. The van der Waals surface area contributed by atoms with Crippen molar-refractivity contribution in [2.75, 3.05) is 0 Å². The average Bonchev–Trinajstić information content (AvgIpc) is 3.57. The maximum absolute atomic E-state index is 5.33. The normalized spacial score (nSPS) is 11.3. The maximum Gasteiger partial charge on any atom is 0.161 e. The molecule has 0 aliphatic carbocycles. The van der Waals surface area contributed by atoms with E-state index in [1.165, 1.54) is 10.1 Å². The van der Waals surface area contributed by atoms with Gasteiger partial charge in [-0.1, -0.05) is 140 Å². The van der Waals surface area contributed by atoms with E-state index in [0.717, 1.165) is 66.2 Å². The highest BCUT2D eigenvalue weighted by molar-refractivity contribution is 7.25. The summed E-state index contributed by atoms with van der Waals surface area (Å²) in [5.41, 5.74) is 9.76. The predicted octanol–water partition coefficient (Wildman–Crippen LogP) is 11.6. The summed E-state index contributed by atoms with van der Waals surface area (Å²) >= 11 is 1.71. The number of thiophene rings is 1. The van der Waals surface area contributed by atoms with E-state index in [1.807, 2.05) is 48.5 Å². The van der Waals surface area contributed by atoms with Crippen molar-refractivity contribution in [1.82, 2.24) is 19.9 Å². The highest BCUT2D eigenvalue weighted by Gasteiger charge is 2.19. The number of hydrogen-bond donors (Lipinski definition) is 0. The number of aromatic nitrogens is 4. The Morgan fingerprint density at radius 2 is 0.857 bits per heavy atom. The first-order valence-corrected chi connectivity index (χ1v) is 17.0. The first kappa shape index (κ1) is 28.9. The van der Waals surface area contributed by atoms with Gasteiger partial charge in [0.2, 0.25) is 0 Å². The van der Waals surface area contributed by atoms with Gasteiger partial charge in [-0.05, 0) is 41.5 Å². The van der Waals surface area contributed by atoms with E-state index >= 15 is 0 Å². The second-order valence-electron chi connectivity index (χ2n) is 11.9. The van der Waals surface area contributed by atoms with Gasteiger partial charge in [0.1, 0.15) is 4.83 Å². The Kier molecular flexibility index (Phi) is 7.30. The van der Waals surface area contributed by atoms with E-state index in [1.54, 1.807) is 11.3 Å². The van der Waals surface area contributed by atoms with Gasteiger partial charge in [-0.15, -0.1) is 11.3 Å². The van der Waals surface area contributed by atoms with Crippen LogP contribution in [0.15, 0.2) is 170 Å². The van der Waals surface area contributed by atoms with Crippen LogP contribution < -0.4 is 0 Å². The van der Waals surface area contributed by atoms with Crippen molar-refractivity contribution in [3.8, 4) is 67.7 Å². The maximum atomic E-state index is 5.33. The molecule has 9 rings (SSSR count). The van der Waals surface area contributed by atoms with E-state index in [0.29, 0.717) is 11.6 Å². The van der Waals surface area contributed by atoms with Crippen LogP contribution in [-0.4, -0.2) is 19.9 Å². The summed E-state index contributed by atoms with van der Waals surface area (Å²) in [6, 6.07) is 58.5. The third-order valence-electron chi connectivity index (χ3n) is 8.71. The second kappa shape index (κ2) is 12.4. The van der Waals surface area contributed by atoms with Gasteiger partial charge in [-0.25, -0.2) is 19.9 Å². The molecule has 4 nitrogen and oxygen atoms in total. The predicted molar refractivity (Wildman–Crippen MR) is 203 cm³/mol. The summed E-state index contributed by atoms with van der Waals surface area (Å²) in [5.74, 6) is 1.36. The van der Waals surface area contributed by atoms with Gasteiger partial charge in [0, 0.05) is 43.3 Å². The number of hydrogen-bond acceptors (Lipinski definition) is 5. The Morgan fingerprint density at radius 3 is 1.55 bits per heavy atom. The molecule has 3 heterocycles. The molecule has 9 aromatic rings. The van der Waals surface area contributed by atoms with Crippen LogP contribution in [0.25, 0.3) is 88.0 Å². The lowest BCUT2D eigenvalue weighted by atomic mass is 9.97. The minimum atomic E-state index is 0.678. The van der Waals surface area contributed by atoms with Crippen LogP contribution in [0.2, 0.25) is 0 Å². The molecule has 0 saturated heterocycles. The standard InChI is InChI=1S/C44H28N4S/c1-5-15-29(16-6-1)33-25-34(38-28-37(30-17-7-2-8-18-30)45-42(46-38)32-21-11-4-12-22-32)27-35(26-33)43-47-41(31-19-9-3-10-20-31)40-36-23-13-14-24-39(36)49-44(40)48-43/h1-28H. The highest BCUT2D eigenvalue weighted by Crippen LogP contribution is 2.40. The lowest BCUT2D eigenvalue weighted by Crippen LogP contribution is -1.98. The minimum absolute atomic E-state index is 0.678. The smallest absolute Gasteiger partial charge is 0.161 e. The lowest BCUT2D eigenvalue weighted by Gasteiger charge is -2.13. The van der Waals surface area contributed by atoms with Crippen LogP contribution >= 0.6 is 11.3 Å². The number of benzene rings is 6. The van der Waals surface area contributed by atoms with Crippen molar-refractivity contribution in [3.63, 3.8) is 0 Å². The SMILES string of the molecule is c1ccc(-c2cc(-c3cc(-c4ccccc4)nc(-c4ccccc4)n3)cc(-c3nc(-c4ccccc4)c4c(n3)sc3ccccc34)c2)cc1. The molecule has 0 fully saturated rings. The molecule has 0 aliphatic heterocycles. The van der Waals surface area contributed by atoms with Crippen LogP contribution in [0.4, 0.5) is 0 Å². The molecule has 230 valence electrons. The summed E-state index contributed by atoms with van der Waals surface area (Å²) in [6.07, 6.45) is 0. The molecule has 3 aromatic heterocycles. The van der Waals surface area contributed by atoms with Gasteiger partial charge in [0.25, 0.3) is 0 Å². The van der Waals surface area contributed by atoms with Gasteiger partial charge in [-0.2, -0.15) is 0 Å². The quantitative estimate of drug-likeness (QED) is 0.181. The second-order valence-corrected chi connectivity index (χ2v) is 12.9. The zero-order chi connectivity index (χ0) is 32.6. The first-order valence-electron chi connectivity index (χ1n) is 16.2. The van der Waals surface area contributed by atoms with Crippen molar-refractivity contribution in [1.29, 1.82) is 0 Å². The molecular weight excluding hydrogens is 617 g/mol. The van der Waals surface area contributed by atoms with Gasteiger partial charge in [0.15, 0.2) is 11.6 Å². The molecule has 0 spiro atoms. The van der Waals surface area contributed by atoms with Gasteiger partial charge < -0.3 is 0 Å². The lowest BCUT2D eigenvalue weighted by molar-refractivity contribution is 1.18. The monoisotopic (exact) mass is 644 g/mol. The Labute approximate surface area is 288 Å². The molecule has 5 heteroatoms. The van der Waals surface area contributed by atoms with Crippen molar-refractivity contribution < 1.29 is 0 Å². The molecule has 0 amide bonds. The Balaban J connectivity index is 1.30. The van der Waals surface area contributed by atoms with E-state index in [2.05, 4.69) is 121 Å². The van der Waals surface area contributed by atoms with Crippen LogP contribution in [-0.2, 0) is 0 Å².